The Morgan fingerprint density at radius 3 is 2.42 bits per heavy atom. The van der Waals surface area contributed by atoms with Gasteiger partial charge in [-0.15, -0.1) is 0 Å². The highest BCUT2D eigenvalue weighted by molar-refractivity contribution is 7.92. The van der Waals surface area contributed by atoms with Crippen LogP contribution < -0.4 is 4.72 Å². The van der Waals surface area contributed by atoms with Gasteiger partial charge < -0.3 is 9.47 Å². The average Bonchev–Trinajstić information content (AvgIpc) is 2.61. The second-order valence-electron chi connectivity index (χ2n) is 5.00. The van der Waals surface area contributed by atoms with E-state index in [1.165, 1.54) is 24.3 Å². The molecular weight excluding hydrogens is 382 g/mol. The second-order valence-corrected chi connectivity index (χ2v) is 7.09. The largest absolute Gasteiger partial charge is 0.465 e. The quantitative estimate of drug-likeness (QED) is 0.752. The third-order valence-corrected chi connectivity index (χ3v) is 5.01. The van der Waals surface area contributed by atoms with Crippen molar-refractivity contribution in [2.24, 2.45) is 0 Å². The molecule has 2 aromatic rings. The van der Waals surface area contributed by atoms with Crippen molar-refractivity contribution in [3.63, 3.8) is 0 Å². The zero-order valence-corrected chi connectivity index (χ0v) is 15.6. The zero-order valence-electron chi connectivity index (χ0n) is 14.0. The number of carbonyl (C=O) groups excluding carboxylic acids is 2. The van der Waals surface area contributed by atoms with Crippen molar-refractivity contribution in [1.29, 1.82) is 0 Å². The van der Waals surface area contributed by atoms with E-state index in [2.05, 4.69) is 9.46 Å². The molecule has 0 aliphatic heterocycles. The van der Waals surface area contributed by atoms with Gasteiger partial charge in [0.15, 0.2) is 0 Å². The maximum atomic E-state index is 12.7. The van der Waals surface area contributed by atoms with E-state index in [1.54, 1.807) is 19.1 Å². The van der Waals surface area contributed by atoms with Gasteiger partial charge in [-0.05, 0) is 37.3 Å². The van der Waals surface area contributed by atoms with Crippen molar-refractivity contribution in [2.45, 2.75) is 11.8 Å². The molecule has 2 aromatic carbocycles. The van der Waals surface area contributed by atoms with Crippen LogP contribution in [0.1, 0.15) is 27.6 Å². The summed E-state index contributed by atoms with van der Waals surface area (Å²) in [5, 5.41) is 0.0581. The van der Waals surface area contributed by atoms with Crippen LogP contribution in [0, 0.1) is 0 Å². The number of hydrogen-bond acceptors (Lipinski definition) is 6. The highest BCUT2D eigenvalue weighted by atomic mass is 35.5. The van der Waals surface area contributed by atoms with Gasteiger partial charge in [-0.1, -0.05) is 23.7 Å². The van der Waals surface area contributed by atoms with Crippen molar-refractivity contribution in [3.05, 3.63) is 58.6 Å². The summed E-state index contributed by atoms with van der Waals surface area (Å²) in [6, 6.07) is 9.65. The SMILES string of the molecule is CCOC(=O)c1ccccc1NS(=O)(=O)c1ccc(Cl)c(C(=O)OC)c1. The van der Waals surface area contributed by atoms with E-state index in [4.69, 9.17) is 16.3 Å². The molecule has 26 heavy (non-hydrogen) atoms. The lowest BCUT2D eigenvalue weighted by Crippen LogP contribution is -2.17. The van der Waals surface area contributed by atoms with Gasteiger partial charge in [-0.2, -0.15) is 0 Å². The molecule has 0 unspecified atom stereocenters. The Morgan fingerprint density at radius 1 is 1.08 bits per heavy atom. The average molecular weight is 398 g/mol. The molecule has 0 atom stereocenters. The van der Waals surface area contributed by atoms with Crippen molar-refractivity contribution >= 4 is 39.3 Å². The van der Waals surface area contributed by atoms with E-state index in [1.807, 2.05) is 0 Å². The molecule has 0 aromatic heterocycles. The van der Waals surface area contributed by atoms with Gasteiger partial charge in [0, 0.05) is 0 Å². The highest BCUT2D eigenvalue weighted by Crippen LogP contribution is 2.25. The van der Waals surface area contributed by atoms with Crippen molar-refractivity contribution in [3.8, 4) is 0 Å². The number of methoxy groups -OCH3 is 1. The minimum absolute atomic E-state index is 0.0560. The number of esters is 2. The van der Waals surface area contributed by atoms with E-state index in [0.717, 1.165) is 13.2 Å². The lowest BCUT2D eigenvalue weighted by atomic mass is 10.2. The summed E-state index contributed by atoms with van der Waals surface area (Å²) in [6.07, 6.45) is 0. The molecule has 9 heteroatoms. The lowest BCUT2D eigenvalue weighted by Gasteiger charge is -2.13. The fraction of sp³-hybridized carbons (Fsp3) is 0.176. The Balaban J connectivity index is 2.42. The summed E-state index contributed by atoms with van der Waals surface area (Å²) in [5.74, 6) is -1.42. The van der Waals surface area contributed by atoms with Crippen LogP contribution >= 0.6 is 11.6 Å². The minimum Gasteiger partial charge on any atom is -0.465 e. The molecule has 0 radical (unpaired) electrons. The number of halogens is 1. The summed E-state index contributed by atoms with van der Waals surface area (Å²) in [7, 11) is -2.93. The Hall–Kier alpha value is -2.58. The van der Waals surface area contributed by atoms with Crippen LogP contribution in [0.4, 0.5) is 5.69 Å². The van der Waals surface area contributed by atoms with E-state index in [0.29, 0.717) is 0 Å². The van der Waals surface area contributed by atoms with E-state index in [9.17, 15) is 18.0 Å². The van der Waals surface area contributed by atoms with Gasteiger partial charge in [0.25, 0.3) is 10.0 Å². The topological polar surface area (TPSA) is 98.8 Å². The molecule has 0 saturated carbocycles. The third kappa shape index (κ3) is 4.33. The zero-order chi connectivity index (χ0) is 19.3. The first kappa shape index (κ1) is 19.7. The van der Waals surface area contributed by atoms with Gasteiger partial charge >= 0.3 is 11.9 Å². The Morgan fingerprint density at radius 2 is 1.77 bits per heavy atom. The number of anilines is 1. The number of benzene rings is 2. The Bertz CT molecular complexity index is 942. The van der Waals surface area contributed by atoms with E-state index in [-0.39, 0.29) is 33.3 Å². The molecule has 0 aliphatic carbocycles. The molecule has 0 heterocycles. The maximum Gasteiger partial charge on any atom is 0.340 e. The first-order valence-corrected chi connectivity index (χ1v) is 9.33. The minimum atomic E-state index is -4.09. The van der Waals surface area contributed by atoms with Gasteiger partial charge in [-0.3, -0.25) is 4.72 Å². The summed E-state index contributed by atoms with van der Waals surface area (Å²) in [4.78, 5) is 23.5. The van der Waals surface area contributed by atoms with Crippen molar-refractivity contribution in [1.82, 2.24) is 0 Å². The molecule has 2 rings (SSSR count). The van der Waals surface area contributed by atoms with Crippen LogP contribution in [0.2, 0.25) is 5.02 Å². The summed E-state index contributed by atoms with van der Waals surface area (Å²) in [5.41, 5.74) is 0.0383. The lowest BCUT2D eigenvalue weighted by molar-refractivity contribution is 0.0526. The summed E-state index contributed by atoms with van der Waals surface area (Å²) >= 11 is 5.90. The van der Waals surface area contributed by atoms with Gasteiger partial charge in [0.2, 0.25) is 0 Å². The molecule has 7 nitrogen and oxygen atoms in total. The number of ether oxygens (including phenoxy) is 2. The number of sulfonamides is 1. The molecule has 0 saturated heterocycles. The van der Waals surface area contributed by atoms with Crippen LogP contribution in [0.25, 0.3) is 0 Å². The number of nitrogens with one attached hydrogen (secondary N) is 1. The second kappa shape index (κ2) is 8.20. The monoisotopic (exact) mass is 397 g/mol. The first-order valence-electron chi connectivity index (χ1n) is 7.47. The third-order valence-electron chi connectivity index (χ3n) is 3.32. The fourth-order valence-corrected chi connectivity index (χ4v) is 3.40. The van der Waals surface area contributed by atoms with Gasteiger partial charge in [-0.25, -0.2) is 18.0 Å². The molecule has 0 amide bonds. The normalized spacial score (nSPS) is 10.9. The van der Waals surface area contributed by atoms with E-state index < -0.39 is 22.0 Å². The van der Waals surface area contributed by atoms with E-state index >= 15 is 0 Å². The number of rotatable bonds is 6. The number of hydrogen-bond donors (Lipinski definition) is 1. The number of para-hydroxylation sites is 1. The predicted octanol–water partition coefficient (Wildman–Crippen LogP) is 3.10. The van der Waals surface area contributed by atoms with Gasteiger partial charge in [0.05, 0.1) is 40.4 Å². The molecule has 0 bridgehead atoms. The first-order chi connectivity index (χ1) is 12.3. The standard InChI is InChI=1S/C17H16ClNO6S/c1-3-25-17(21)12-6-4-5-7-15(12)19-26(22,23)11-8-9-14(18)13(10-11)16(20)24-2/h4-10,19H,3H2,1-2H3. The molecule has 0 fully saturated rings. The molecular formula is C17H16ClNO6S. The molecule has 1 N–H and O–H groups in total. The van der Waals surface area contributed by atoms with Crippen LogP contribution in [-0.4, -0.2) is 34.1 Å². The van der Waals surface area contributed by atoms with Crippen molar-refractivity contribution < 1.29 is 27.5 Å². The van der Waals surface area contributed by atoms with Crippen LogP contribution in [0.5, 0.6) is 0 Å². The van der Waals surface area contributed by atoms with Crippen LogP contribution in [-0.2, 0) is 19.5 Å². The van der Waals surface area contributed by atoms with Gasteiger partial charge in [0.1, 0.15) is 0 Å². The summed E-state index contributed by atoms with van der Waals surface area (Å²) in [6.45, 7) is 1.80. The predicted molar refractivity (Wildman–Crippen MR) is 96.0 cm³/mol. The van der Waals surface area contributed by atoms with Crippen molar-refractivity contribution in [2.75, 3.05) is 18.4 Å². The molecule has 0 spiro atoms. The highest BCUT2D eigenvalue weighted by Gasteiger charge is 2.22. The van der Waals surface area contributed by atoms with Crippen LogP contribution in [0.3, 0.4) is 0 Å². The maximum absolute atomic E-state index is 12.7. The Kier molecular flexibility index (Phi) is 6.23. The summed E-state index contributed by atoms with van der Waals surface area (Å²) < 4.78 is 37.1. The fourth-order valence-electron chi connectivity index (χ4n) is 2.10. The Labute approximate surface area is 155 Å². The molecule has 138 valence electrons. The van der Waals surface area contributed by atoms with Crippen LogP contribution in [0.15, 0.2) is 47.4 Å². The number of carbonyl (C=O) groups is 2. The smallest absolute Gasteiger partial charge is 0.340 e. The molecule has 0 aliphatic rings.